The molecule has 0 spiro atoms. The van der Waals surface area contributed by atoms with Crippen molar-refractivity contribution in [2.45, 2.75) is 46.8 Å². The van der Waals surface area contributed by atoms with Gasteiger partial charge in [0.1, 0.15) is 5.75 Å². The molecule has 5 nitrogen and oxygen atoms in total. The van der Waals surface area contributed by atoms with E-state index in [2.05, 4.69) is 5.10 Å². The highest BCUT2D eigenvalue weighted by atomic mass is 16.5. The molecule has 0 N–H and O–H groups in total. The molecule has 0 fully saturated rings. The van der Waals surface area contributed by atoms with E-state index >= 15 is 0 Å². The van der Waals surface area contributed by atoms with E-state index in [4.69, 9.17) is 9.47 Å². The van der Waals surface area contributed by atoms with Crippen LogP contribution in [0.3, 0.4) is 0 Å². The monoisotopic (exact) mass is 302 g/mol. The largest absolute Gasteiger partial charge is 0.491 e. The van der Waals surface area contributed by atoms with Crippen LogP contribution in [0.1, 0.15) is 49.8 Å². The van der Waals surface area contributed by atoms with Gasteiger partial charge < -0.3 is 9.47 Å². The van der Waals surface area contributed by atoms with E-state index < -0.39 is 5.97 Å². The fourth-order valence-electron chi connectivity index (χ4n) is 2.13. The maximum atomic E-state index is 12.1. The van der Waals surface area contributed by atoms with Crippen molar-refractivity contribution in [3.63, 3.8) is 0 Å². The lowest BCUT2D eigenvalue weighted by molar-refractivity contribution is 0.0726. The van der Waals surface area contributed by atoms with Crippen LogP contribution in [0.15, 0.2) is 30.3 Å². The quantitative estimate of drug-likeness (QED) is 0.789. The molecule has 0 bridgehead atoms. The van der Waals surface area contributed by atoms with Gasteiger partial charge in [0, 0.05) is 17.8 Å². The number of aromatic nitrogens is 2. The second-order valence-electron chi connectivity index (χ2n) is 5.74. The van der Waals surface area contributed by atoms with Crippen LogP contribution in [0.4, 0.5) is 0 Å². The Kier molecular flexibility index (Phi) is 4.85. The number of esters is 1. The Bertz CT molecular complexity index is 642. The van der Waals surface area contributed by atoms with Gasteiger partial charge >= 0.3 is 5.97 Å². The number of aryl methyl sites for hydroxylation is 1. The summed E-state index contributed by atoms with van der Waals surface area (Å²) in [4.78, 5) is 12.1. The highest BCUT2D eigenvalue weighted by Crippen LogP contribution is 2.18. The standard InChI is InChI=1S/C17H22N2O3/c1-11(2)19-13(5)10-16(18-19)22-17(20)14-6-8-15(9-7-14)21-12(3)4/h6-12H,1-5H3. The third kappa shape index (κ3) is 3.87. The predicted molar refractivity (Wildman–Crippen MR) is 84.5 cm³/mol. The Morgan fingerprint density at radius 3 is 2.27 bits per heavy atom. The molecule has 1 aromatic heterocycles. The normalized spacial score (nSPS) is 11.0. The third-order valence-corrected chi connectivity index (χ3v) is 3.05. The summed E-state index contributed by atoms with van der Waals surface area (Å²) < 4.78 is 12.7. The number of rotatable bonds is 5. The SMILES string of the molecule is Cc1cc(OC(=O)c2ccc(OC(C)C)cc2)nn1C(C)C. The molecule has 2 rings (SSSR count). The number of carbonyl (C=O) groups is 1. The van der Waals surface area contributed by atoms with Gasteiger partial charge in [-0.15, -0.1) is 5.10 Å². The first-order valence-electron chi connectivity index (χ1n) is 7.42. The first kappa shape index (κ1) is 16.1. The lowest BCUT2D eigenvalue weighted by Crippen LogP contribution is -2.10. The Morgan fingerprint density at radius 1 is 1.14 bits per heavy atom. The van der Waals surface area contributed by atoms with Crippen molar-refractivity contribution < 1.29 is 14.3 Å². The summed E-state index contributed by atoms with van der Waals surface area (Å²) in [7, 11) is 0. The smallest absolute Gasteiger partial charge is 0.344 e. The van der Waals surface area contributed by atoms with E-state index in [0.29, 0.717) is 11.4 Å². The van der Waals surface area contributed by atoms with Gasteiger partial charge in [-0.3, -0.25) is 4.68 Å². The minimum absolute atomic E-state index is 0.0979. The van der Waals surface area contributed by atoms with E-state index in [1.807, 2.05) is 39.3 Å². The van der Waals surface area contributed by atoms with Crippen molar-refractivity contribution in [2.75, 3.05) is 0 Å². The zero-order chi connectivity index (χ0) is 16.3. The fourth-order valence-corrected chi connectivity index (χ4v) is 2.13. The number of benzene rings is 1. The summed E-state index contributed by atoms with van der Waals surface area (Å²) in [6, 6.07) is 8.87. The summed E-state index contributed by atoms with van der Waals surface area (Å²) in [5, 5.41) is 4.28. The molecule has 22 heavy (non-hydrogen) atoms. The van der Waals surface area contributed by atoms with Crippen LogP contribution in [-0.2, 0) is 0 Å². The molecule has 0 radical (unpaired) electrons. The number of hydrogen-bond donors (Lipinski definition) is 0. The third-order valence-electron chi connectivity index (χ3n) is 3.05. The van der Waals surface area contributed by atoms with Gasteiger partial charge in [0.15, 0.2) is 0 Å². The topological polar surface area (TPSA) is 53.4 Å². The molecule has 2 aromatic rings. The number of nitrogens with zero attached hydrogens (tertiary/aromatic N) is 2. The number of ether oxygens (including phenoxy) is 2. The van der Waals surface area contributed by atoms with Crippen molar-refractivity contribution in [1.82, 2.24) is 9.78 Å². The highest BCUT2D eigenvalue weighted by Gasteiger charge is 2.13. The van der Waals surface area contributed by atoms with Gasteiger partial charge in [0.2, 0.25) is 5.88 Å². The summed E-state index contributed by atoms with van der Waals surface area (Å²) in [6.07, 6.45) is 0.0979. The molecule has 0 atom stereocenters. The van der Waals surface area contributed by atoms with E-state index in [9.17, 15) is 4.79 Å². The number of hydrogen-bond acceptors (Lipinski definition) is 4. The van der Waals surface area contributed by atoms with Gasteiger partial charge in [-0.1, -0.05) is 0 Å². The minimum atomic E-state index is -0.426. The summed E-state index contributed by atoms with van der Waals surface area (Å²) in [5.41, 5.74) is 1.42. The lowest BCUT2D eigenvalue weighted by atomic mass is 10.2. The zero-order valence-electron chi connectivity index (χ0n) is 13.7. The summed E-state index contributed by atoms with van der Waals surface area (Å²) in [6.45, 7) is 9.89. The predicted octanol–water partition coefficient (Wildman–Crippen LogP) is 3.78. The molecule has 0 saturated heterocycles. The summed E-state index contributed by atoms with van der Waals surface area (Å²) in [5.74, 6) is 0.620. The molecule has 1 heterocycles. The lowest BCUT2D eigenvalue weighted by Gasteiger charge is -2.09. The van der Waals surface area contributed by atoms with Gasteiger partial charge in [-0.05, 0) is 58.9 Å². The Balaban J connectivity index is 2.07. The van der Waals surface area contributed by atoms with Crippen LogP contribution in [0.25, 0.3) is 0 Å². The fraction of sp³-hybridized carbons (Fsp3) is 0.412. The van der Waals surface area contributed by atoms with Gasteiger partial charge in [0.05, 0.1) is 11.7 Å². The maximum Gasteiger partial charge on any atom is 0.344 e. The Morgan fingerprint density at radius 2 is 1.77 bits per heavy atom. The van der Waals surface area contributed by atoms with Gasteiger partial charge in [-0.2, -0.15) is 0 Å². The van der Waals surface area contributed by atoms with Crippen LogP contribution in [0.5, 0.6) is 11.6 Å². The van der Waals surface area contributed by atoms with Crippen molar-refractivity contribution in [3.8, 4) is 11.6 Å². The van der Waals surface area contributed by atoms with E-state index in [1.165, 1.54) is 0 Å². The van der Waals surface area contributed by atoms with Gasteiger partial charge in [0.25, 0.3) is 0 Å². The minimum Gasteiger partial charge on any atom is -0.491 e. The Labute approximate surface area is 130 Å². The zero-order valence-corrected chi connectivity index (χ0v) is 13.7. The molecule has 0 amide bonds. The van der Waals surface area contributed by atoms with Crippen molar-refractivity contribution in [2.24, 2.45) is 0 Å². The Hall–Kier alpha value is -2.30. The molecular formula is C17H22N2O3. The van der Waals surface area contributed by atoms with Crippen LogP contribution >= 0.6 is 0 Å². The molecule has 118 valence electrons. The van der Waals surface area contributed by atoms with Gasteiger partial charge in [-0.25, -0.2) is 4.79 Å². The van der Waals surface area contributed by atoms with Crippen molar-refractivity contribution in [1.29, 1.82) is 0 Å². The average Bonchev–Trinajstić information content (AvgIpc) is 2.79. The molecule has 0 aliphatic rings. The number of carbonyl (C=O) groups excluding carboxylic acids is 1. The van der Waals surface area contributed by atoms with Crippen LogP contribution < -0.4 is 9.47 Å². The van der Waals surface area contributed by atoms with E-state index in [0.717, 1.165) is 11.4 Å². The van der Waals surface area contributed by atoms with Crippen LogP contribution in [0.2, 0.25) is 0 Å². The van der Waals surface area contributed by atoms with Crippen molar-refractivity contribution >= 4 is 5.97 Å². The summed E-state index contributed by atoms with van der Waals surface area (Å²) >= 11 is 0. The van der Waals surface area contributed by atoms with Crippen LogP contribution in [0, 0.1) is 6.92 Å². The molecule has 0 unspecified atom stereocenters. The highest BCUT2D eigenvalue weighted by molar-refractivity contribution is 5.90. The molecule has 0 aliphatic carbocycles. The van der Waals surface area contributed by atoms with E-state index in [1.54, 1.807) is 30.3 Å². The molecule has 5 heteroatoms. The first-order valence-corrected chi connectivity index (χ1v) is 7.42. The molecule has 1 aromatic carbocycles. The van der Waals surface area contributed by atoms with Crippen molar-refractivity contribution in [3.05, 3.63) is 41.6 Å². The first-order chi connectivity index (χ1) is 10.4. The maximum absolute atomic E-state index is 12.1. The second-order valence-corrected chi connectivity index (χ2v) is 5.74. The molecular weight excluding hydrogens is 280 g/mol. The average molecular weight is 302 g/mol. The molecule has 0 aliphatic heterocycles. The molecule has 0 saturated carbocycles. The van der Waals surface area contributed by atoms with Crippen LogP contribution in [-0.4, -0.2) is 21.9 Å². The van der Waals surface area contributed by atoms with E-state index in [-0.39, 0.29) is 12.1 Å². The second kappa shape index (κ2) is 6.64.